The van der Waals surface area contributed by atoms with E-state index in [9.17, 15) is 14.0 Å². The van der Waals surface area contributed by atoms with Crippen molar-refractivity contribution >= 4 is 11.6 Å². The van der Waals surface area contributed by atoms with Crippen molar-refractivity contribution in [3.05, 3.63) is 82.0 Å². The lowest BCUT2D eigenvalue weighted by atomic mass is 9.87. The van der Waals surface area contributed by atoms with Gasteiger partial charge in [-0.2, -0.15) is 0 Å². The number of aryl methyl sites for hydroxylation is 1. The van der Waals surface area contributed by atoms with Gasteiger partial charge in [0, 0.05) is 31.7 Å². The van der Waals surface area contributed by atoms with Crippen LogP contribution in [0, 0.1) is 5.82 Å². The lowest BCUT2D eigenvalue weighted by Gasteiger charge is -2.33. The van der Waals surface area contributed by atoms with E-state index >= 15 is 0 Å². The van der Waals surface area contributed by atoms with Crippen LogP contribution < -0.4 is 16.2 Å². The van der Waals surface area contributed by atoms with Crippen molar-refractivity contribution in [2.24, 2.45) is 5.73 Å². The van der Waals surface area contributed by atoms with Crippen molar-refractivity contribution in [2.75, 3.05) is 25.5 Å². The van der Waals surface area contributed by atoms with Gasteiger partial charge in [-0.05, 0) is 68.6 Å². The Morgan fingerprint density at radius 2 is 1.91 bits per heavy atom. The predicted octanol–water partition coefficient (Wildman–Crippen LogP) is 3.37. The normalized spacial score (nSPS) is 16.1. The minimum absolute atomic E-state index is 0.271. The largest absolute Gasteiger partial charge is 0.368 e. The first kappa shape index (κ1) is 24.6. The molecule has 1 aliphatic carbocycles. The molecule has 3 aromatic rings. The molecule has 0 fully saturated rings. The molecule has 4 rings (SSSR count). The van der Waals surface area contributed by atoms with Crippen molar-refractivity contribution in [1.82, 2.24) is 14.5 Å². The lowest BCUT2D eigenvalue weighted by Crippen LogP contribution is -2.44. The van der Waals surface area contributed by atoms with E-state index in [1.807, 2.05) is 0 Å². The number of nitrogens with two attached hydrogens (primary N) is 1. The van der Waals surface area contributed by atoms with E-state index in [0.717, 1.165) is 19.3 Å². The van der Waals surface area contributed by atoms with Crippen molar-refractivity contribution in [3.8, 4) is 11.4 Å². The number of carbonyl (C=O) groups is 1. The molecule has 2 N–H and O–H groups in total. The Balaban J connectivity index is 1.67. The zero-order chi connectivity index (χ0) is 25.1. The fourth-order valence-corrected chi connectivity index (χ4v) is 4.76. The fraction of sp³-hybridized carbons (Fsp3) is 0.370. The van der Waals surface area contributed by atoms with Crippen LogP contribution >= 0.6 is 0 Å². The average Bonchev–Trinajstić information content (AvgIpc) is 2.87. The van der Waals surface area contributed by atoms with Gasteiger partial charge in [0.1, 0.15) is 23.4 Å². The second kappa shape index (κ2) is 10.4. The van der Waals surface area contributed by atoms with Gasteiger partial charge in [0.2, 0.25) is 5.91 Å². The highest BCUT2D eigenvalue weighted by atomic mass is 19.1. The first-order valence-electron chi connectivity index (χ1n) is 11.9. The maximum atomic E-state index is 13.6. The molecule has 0 saturated heterocycles. The zero-order valence-electron chi connectivity index (χ0n) is 20.4. The minimum atomic E-state index is -0.670. The summed E-state index contributed by atoms with van der Waals surface area (Å²) in [5.41, 5.74) is 8.85. The van der Waals surface area contributed by atoms with Crippen molar-refractivity contribution in [3.63, 3.8) is 0 Å². The Morgan fingerprint density at radius 1 is 1.20 bits per heavy atom. The van der Waals surface area contributed by atoms with Crippen LogP contribution in [0.1, 0.15) is 36.9 Å². The minimum Gasteiger partial charge on any atom is -0.368 e. The first-order chi connectivity index (χ1) is 16.8. The van der Waals surface area contributed by atoms with Crippen molar-refractivity contribution in [2.45, 2.75) is 44.8 Å². The number of anilines is 1. The summed E-state index contributed by atoms with van der Waals surface area (Å²) < 4.78 is 15.2. The average molecular weight is 478 g/mol. The highest BCUT2D eigenvalue weighted by Crippen LogP contribution is 2.33. The number of rotatable bonds is 8. The van der Waals surface area contributed by atoms with Crippen molar-refractivity contribution in [1.29, 1.82) is 0 Å². The second-order valence-corrected chi connectivity index (χ2v) is 9.21. The molecule has 184 valence electrons. The Bertz CT molecular complexity index is 1260. The molecule has 8 heteroatoms. The van der Waals surface area contributed by atoms with Gasteiger partial charge < -0.3 is 10.6 Å². The lowest BCUT2D eigenvalue weighted by molar-refractivity contribution is -0.118. The summed E-state index contributed by atoms with van der Waals surface area (Å²) in [4.78, 5) is 33.7. The van der Waals surface area contributed by atoms with Crippen LogP contribution in [-0.2, 0) is 17.8 Å². The highest BCUT2D eigenvalue weighted by Gasteiger charge is 2.25. The number of carbonyl (C=O) groups excluding carboxylic acids is 1. The monoisotopic (exact) mass is 477 g/mol. The SMILES string of the molecule is C[C@@H](C(N)=O)N(C)c1cnc(-c2ccc(F)cc2)n(CCN(C)[C@@H]2CCCc3ccccc32)c1=O. The van der Waals surface area contributed by atoms with Gasteiger partial charge in [-0.3, -0.25) is 19.1 Å². The summed E-state index contributed by atoms with van der Waals surface area (Å²) >= 11 is 0. The van der Waals surface area contributed by atoms with E-state index in [1.165, 1.54) is 29.5 Å². The number of likely N-dealkylation sites (N-methyl/N-ethyl adjacent to an activating group) is 2. The van der Waals surface area contributed by atoms with Crippen LogP contribution in [0.3, 0.4) is 0 Å². The number of benzene rings is 2. The molecule has 2 atom stereocenters. The standard InChI is InChI=1S/C27H32FN5O2/c1-18(25(29)34)32(3)24-17-30-26(20-11-13-21(28)14-12-20)33(27(24)35)16-15-31(2)23-10-6-8-19-7-4-5-9-22(19)23/h4-5,7,9,11-14,17-18,23H,6,8,10,15-16H2,1-3H3,(H2,29,34)/t18-,23+/m0/s1. The third-order valence-electron chi connectivity index (χ3n) is 7.05. The molecule has 0 bridgehead atoms. The van der Waals surface area contributed by atoms with Crippen LogP contribution in [0.4, 0.5) is 10.1 Å². The van der Waals surface area contributed by atoms with Gasteiger partial charge in [0.05, 0.1) is 6.20 Å². The number of primary amides is 1. The number of aromatic nitrogens is 2. The number of hydrogen-bond acceptors (Lipinski definition) is 5. The molecule has 0 saturated carbocycles. The summed E-state index contributed by atoms with van der Waals surface area (Å²) in [5, 5.41) is 0. The topological polar surface area (TPSA) is 84.5 Å². The summed E-state index contributed by atoms with van der Waals surface area (Å²) in [5.74, 6) is -0.432. The van der Waals surface area contributed by atoms with E-state index in [-0.39, 0.29) is 23.1 Å². The molecule has 1 heterocycles. The molecule has 2 aromatic carbocycles. The number of amides is 1. The summed E-state index contributed by atoms with van der Waals surface area (Å²) in [6, 6.07) is 14.1. The van der Waals surface area contributed by atoms with Gasteiger partial charge in [-0.25, -0.2) is 9.37 Å². The molecular weight excluding hydrogens is 445 g/mol. The zero-order valence-corrected chi connectivity index (χ0v) is 20.4. The van der Waals surface area contributed by atoms with E-state index in [0.29, 0.717) is 24.5 Å². The van der Waals surface area contributed by atoms with Gasteiger partial charge in [0.15, 0.2) is 0 Å². The van der Waals surface area contributed by atoms with Gasteiger partial charge >= 0.3 is 0 Å². The first-order valence-corrected chi connectivity index (χ1v) is 11.9. The molecule has 0 spiro atoms. The van der Waals surface area contributed by atoms with Crippen LogP contribution in [0.2, 0.25) is 0 Å². The Hall–Kier alpha value is -3.52. The van der Waals surface area contributed by atoms with Gasteiger partial charge in [0.25, 0.3) is 5.56 Å². The molecule has 1 aliphatic rings. The molecule has 0 aliphatic heterocycles. The summed E-state index contributed by atoms with van der Waals surface area (Å²) in [6.45, 7) is 2.65. The third kappa shape index (κ3) is 5.12. The van der Waals surface area contributed by atoms with Crippen LogP contribution in [-0.4, -0.2) is 47.0 Å². The van der Waals surface area contributed by atoms with E-state index in [2.05, 4.69) is 41.2 Å². The van der Waals surface area contributed by atoms with Crippen LogP contribution in [0.25, 0.3) is 11.4 Å². The number of halogens is 1. The maximum absolute atomic E-state index is 13.6. The molecule has 7 nitrogen and oxygen atoms in total. The van der Waals surface area contributed by atoms with E-state index in [4.69, 9.17) is 5.73 Å². The van der Waals surface area contributed by atoms with Crippen molar-refractivity contribution < 1.29 is 9.18 Å². The summed E-state index contributed by atoms with van der Waals surface area (Å²) in [7, 11) is 3.73. The predicted molar refractivity (Wildman–Crippen MR) is 136 cm³/mol. The second-order valence-electron chi connectivity index (χ2n) is 9.21. The molecule has 0 unspecified atom stereocenters. The smallest absolute Gasteiger partial charge is 0.277 e. The van der Waals surface area contributed by atoms with Crippen LogP contribution in [0.15, 0.2) is 59.5 Å². The Kier molecular flexibility index (Phi) is 7.31. The molecule has 0 radical (unpaired) electrons. The Labute approximate surface area is 205 Å². The van der Waals surface area contributed by atoms with E-state index in [1.54, 1.807) is 35.6 Å². The quantitative estimate of drug-likeness (QED) is 0.538. The molecule has 1 amide bonds. The van der Waals surface area contributed by atoms with Gasteiger partial charge in [-0.1, -0.05) is 24.3 Å². The number of nitrogens with zero attached hydrogens (tertiary/aromatic N) is 4. The van der Waals surface area contributed by atoms with E-state index < -0.39 is 11.9 Å². The summed E-state index contributed by atoms with van der Waals surface area (Å²) in [6.07, 6.45) is 4.73. The molecule has 35 heavy (non-hydrogen) atoms. The van der Waals surface area contributed by atoms with Crippen LogP contribution in [0.5, 0.6) is 0 Å². The maximum Gasteiger partial charge on any atom is 0.277 e. The fourth-order valence-electron chi connectivity index (χ4n) is 4.76. The highest BCUT2D eigenvalue weighted by molar-refractivity contribution is 5.82. The Morgan fingerprint density at radius 3 is 2.63 bits per heavy atom. The van der Waals surface area contributed by atoms with Gasteiger partial charge in [-0.15, -0.1) is 0 Å². The molecular formula is C27H32FN5O2. The number of hydrogen-bond donors (Lipinski definition) is 1. The molecule has 1 aromatic heterocycles. The third-order valence-corrected chi connectivity index (χ3v) is 7.05. The number of fused-ring (bicyclic) bond motifs is 1.